The highest BCUT2D eigenvalue weighted by atomic mass is 16.5. The fraction of sp³-hybridized carbons (Fsp3) is 0.250. The van der Waals surface area contributed by atoms with Crippen molar-refractivity contribution < 1.29 is 14.3 Å². The van der Waals surface area contributed by atoms with E-state index >= 15 is 0 Å². The second-order valence-corrected chi connectivity index (χ2v) is 7.41. The third kappa shape index (κ3) is 3.56. The number of para-hydroxylation sites is 1. The first-order chi connectivity index (χ1) is 14.5. The van der Waals surface area contributed by atoms with Crippen molar-refractivity contribution in [2.24, 2.45) is 0 Å². The molecule has 0 unspecified atom stereocenters. The van der Waals surface area contributed by atoms with E-state index in [2.05, 4.69) is 10.3 Å². The van der Waals surface area contributed by atoms with E-state index in [9.17, 15) is 9.59 Å². The molecule has 6 heteroatoms. The smallest absolute Gasteiger partial charge is 0.243 e. The molecule has 0 bridgehead atoms. The Kier molecular flexibility index (Phi) is 5.31. The number of benzene rings is 2. The molecular formula is C24H25N3O3. The molecule has 2 aromatic carbocycles. The summed E-state index contributed by atoms with van der Waals surface area (Å²) in [5, 5.41) is 4.95. The number of hydrogen-bond acceptors (Lipinski definition) is 3. The van der Waals surface area contributed by atoms with Gasteiger partial charge in [-0.15, -0.1) is 0 Å². The number of aromatic amines is 1. The molecule has 0 spiro atoms. The van der Waals surface area contributed by atoms with Crippen LogP contribution in [0, 0.1) is 0 Å². The van der Waals surface area contributed by atoms with Crippen LogP contribution in [0.5, 0.6) is 5.75 Å². The molecule has 154 valence electrons. The number of carbonyl (C=O) groups is 2. The number of nitrogens with one attached hydrogen (secondary N) is 2. The summed E-state index contributed by atoms with van der Waals surface area (Å²) in [6.45, 7) is 3.92. The molecule has 4 aromatic rings. The maximum atomic E-state index is 13.0. The largest absolute Gasteiger partial charge is 0.497 e. The highest BCUT2D eigenvalue weighted by molar-refractivity contribution is 6.07. The second kappa shape index (κ2) is 8.06. The molecule has 4 rings (SSSR count). The monoisotopic (exact) mass is 403 g/mol. The molecule has 2 aromatic heterocycles. The van der Waals surface area contributed by atoms with Gasteiger partial charge in [0, 0.05) is 39.3 Å². The van der Waals surface area contributed by atoms with Crippen LogP contribution in [0.15, 0.2) is 54.7 Å². The molecule has 1 atom stereocenters. The standard InChI is InChI=1S/C24H25N3O3/c1-4-22(27-14-20(15(2)28)19-7-5-6-8-23(19)27)24(29)25-13-17-11-16-12-18(30-3)9-10-21(16)26-17/h5-12,14,22,26H,4,13H2,1-3H3,(H,25,29)/t22-/m0/s1. The van der Waals surface area contributed by atoms with E-state index in [0.717, 1.165) is 33.2 Å². The van der Waals surface area contributed by atoms with Crippen molar-refractivity contribution in [1.82, 2.24) is 14.9 Å². The van der Waals surface area contributed by atoms with Crippen molar-refractivity contribution >= 4 is 33.5 Å². The third-order valence-corrected chi connectivity index (χ3v) is 5.48. The third-order valence-electron chi connectivity index (χ3n) is 5.48. The molecular weight excluding hydrogens is 378 g/mol. The lowest BCUT2D eigenvalue weighted by atomic mass is 10.1. The van der Waals surface area contributed by atoms with E-state index in [1.807, 2.05) is 60.0 Å². The van der Waals surface area contributed by atoms with Gasteiger partial charge in [0.1, 0.15) is 11.8 Å². The number of ketones is 1. The van der Waals surface area contributed by atoms with Crippen LogP contribution >= 0.6 is 0 Å². The van der Waals surface area contributed by atoms with E-state index in [1.54, 1.807) is 20.2 Å². The van der Waals surface area contributed by atoms with E-state index in [4.69, 9.17) is 4.74 Å². The van der Waals surface area contributed by atoms with Gasteiger partial charge in [-0.3, -0.25) is 9.59 Å². The fourth-order valence-electron chi connectivity index (χ4n) is 3.94. The van der Waals surface area contributed by atoms with Gasteiger partial charge >= 0.3 is 0 Å². The Morgan fingerprint density at radius 2 is 1.97 bits per heavy atom. The van der Waals surface area contributed by atoms with E-state index < -0.39 is 6.04 Å². The summed E-state index contributed by atoms with van der Waals surface area (Å²) >= 11 is 0. The molecule has 0 aliphatic rings. The molecule has 0 aliphatic carbocycles. The average Bonchev–Trinajstić information content (AvgIpc) is 3.34. The molecule has 30 heavy (non-hydrogen) atoms. The summed E-state index contributed by atoms with van der Waals surface area (Å²) < 4.78 is 7.18. The molecule has 2 N–H and O–H groups in total. The Bertz CT molecular complexity index is 1240. The number of hydrogen-bond donors (Lipinski definition) is 2. The van der Waals surface area contributed by atoms with Crippen molar-refractivity contribution in [3.05, 3.63) is 66.0 Å². The Balaban J connectivity index is 1.57. The molecule has 0 radical (unpaired) electrons. The van der Waals surface area contributed by atoms with Crippen LogP contribution in [-0.4, -0.2) is 28.4 Å². The van der Waals surface area contributed by atoms with E-state index in [-0.39, 0.29) is 11.7 Å². The van der Waals surface area contributed by atoms with Gasteiger partial charge in [-0.1, -0.05) is 25.1 Å². The van der Waals surface area contributed by atoms with Gasteiger partial charge in [0.2, 0.25) is 5.91 Å². The predicted octanol–water partition coefficient (Wildman–Crippen LogP) is 4.60. The predicted molar refractivity (Wildman–Crippen MR) is 118 cm³/mol. The van der Waals surface area contributed by atoms with Crippen LogP contribution < -0.4 is 10.1 Å². The number of rotatable bonds is 7. The Morgan fingerprint density at radius 3 is 2.70 bits per heavy atom. The zero-order valence-electron chi connectivity index (χ0n) is 17.4. The Hall–Kier alpha value is -3.54. The minimum atomic E-state index is -0.396. The summed E-state index contributed by atoms with van der Waals surface area (Å²) in [5.41, 5.74) is 3.45. The molecule has 0 saturated heterocycles. The molecule has 0 aliphatic heterocycles. The quantitative estimate of drug-likeness (QED) is 0.443. The number of fused-ring (bicyclic) bond motifs is 2. The van der Waals surface area contributed by atoms with Crippen LogP contribution in [0.2, 0.25) is 0 Å². The van der Waals surface area contributed by atoms with Crippen LogP contribution in [0.4, 0.5) is 0 Å². The summed E-state index contributed by atoms with van der Waals surface area (Å²) in [5.74, 6) is 0.710. The second-order valence-electron chi connectivity index (χ2n) is 7.41. The van der Waals surface area contributed by atoms with Crippen molar-refractivity contribution in [2.75, 3.05) is 7.11 Å². The van der Waals surface area contributed by atoms with Gasteiger partial charge < -0.3 is 19.6 Å². The zero-order chi connectivity index (χ0) is 21.3. The minimum Gasteiger partial charge on any atom is -0.497 e. The van der Waals surface area contributed by atoms with E-state index in [1.165, 1.54) is 0 Å². The van der Waals surface area contributed by atoms with Gasteiger partial charge in [-0.05, 0) is 43.7 Å². The average molecular weight is 403 g/mol. The molecule has 0 saturated carbocycles. The number of nitrogens with zero attached hydrogens (tertiary/aromatic N) is 1. The highest BCUT2D eigenvalue weighted by Crippen LogP contribution is 2.27. The summed E-state index contributed by atoms with van der Waals surface area (Å²) in [4.78, 5) is 28.4. The number of aromatic nitrogens is 2. The maximum absolute atomic E-state index is 13.0. The number of carbonyl (C=O) groups excluding carboxylic acids is 2. The van der Waals surface area contributed by atoms with Crippen molar-refractivity contribution in [3.8, 4) is 5.75 Å². The first kappa shape index (κ1) is 19.8. The molecule has 1 amide bonds. The fourth-order valence-corrected chi connectivity index (χ4v) is 3.94. The highest BCUT2D eigenvalue weighted by Gasteiger charge is 2.22. The molecule has 6 nitrogen and oxygen atoms in total. The molecule has 2 heterocycles. The van der Waals surface area contributed by atoms with Crippen molar-refractivity contribution in [1.29, 1.82) is 0 Å². The lowest BCUT2D eigenvalue weighted by molar-refractivity contribution is -0.124. The Morgan fingerprint density at radius 1 is 1.17 bits per heavy atom. The minimum absolute atomic E-state index is 0.00582. The number of methoxy groups -OCH3 is 1. The number of H-pyrrole nitrogens is 1. The normalized spacial score (nSPS) is 12.2. The van der Waals surface area contributed by atoms with Crippen LogP contribution in [-0.2, 0) is 11.3 Å². The van der Waals surface area contributed by atoms with Gasteiger partial charge in [-0.2, -0.15) is 0 Å². The summed E-state index contributed by atoms with van der Waals surface area (Å²) in [6.07, 6.45) is 2.42. The summed E-state index contributed by atoms with van der Waals surface area (Å²) in [7, 11) is 1.64. The van der Waals surface area contributed by atoms with Crippen LogP contribution in [0.1, 0.15) is 42.4 Å². The number of Topliss-reactive ketones (excluding diaryl/α,β-unsaturated/α-hetero) is 1. The Labute approximate surface area is 174 Å². The summed E-state index contributed by atoms with van der Waals surface area (Å²) in [6, 6.07) is 15.1. The topological polar surface area (TPSA) is 76.1 Å². The van der Waals surface area contributed by atoms with Crippen LogP contribution in [0.3, 0.4) is 0 Å². The van der Waals surface area contributed by atoms with Crippen molar-refractivity contribution in [3.63, 3.8) is 0 Å². The first-order valence-corrected chi connectivity index (χ1v) is 10.1. The first-order valence-electron chi connectivity index (χ1n) is 10.1. The van der Waals surface area contributed by atoms with Gasteiger partial charge in [0.05, 0.1) is 13.7 Å². The van der Waals surface area contributed by atoms with Crippen LogP contribution in [0.25, 0.3) is 21.8 Å². The maximum Gasteiger partial charge on any atom is 0.243 e. The lowest BCUT2D eigenvalue weighted by Gasteiger charge is -2.18. The van der Waals surface area contributed by atoms with Gasteiger partial charge in [-0.25, -0.2) is 0 Å². The van der Waals surface area contributed by atoms with E-state index in [0.29, 0.717) is 18.5 Å². The van der Waals surface area contributed by atoms with Gasteiger partial charge in [0.15, 0.2) is 5.78 Å². The number of amides is 1. The van der Waals surface area contributed by atoms with Crippen molar-refractivity contribution in [2.45, 2.75) is 32.9 Å². The van der Waals surface area contributed by atoms with Gasteiger partial charge in [0.25, 0.3) is 0 Å². The molecule has 0 fully saturated rings. The lowest BCUT2D eigenvalue weighted by Crippen LogP contribution is -2.31. The number of ether oxygens (including phenoxy) is 1. The SMILES string of the molecule is CC[C@@H](C(=O)NCc1cc2cc(OC)ccc2[nH]1)n1cc(C(C)=O)c2ccccc21. The zero-order valence-corrected chi connectivity index (χ0v) is 17.4.